The fourth-order valence-electron chi connectivity index (χ4n) is 3.14. The van der Waals surface area contributed by atoms with Crippen molar-refractivity contribution in [3.63, 3.8) is 0 Å². The van der Waals surface area contributed by atoms with Crippen molar-refractivity contribution in [3.05, 3.63) is 42.2 Å². The normalized spacial score (nSPS) is 19.4. The number of hydrogen-bond donors (Lipinski definition) is 2. The molecule has 2 atom stereocenters. The molecule has 0 radical (unpaired) electrons. The number of nitrogens with one attached hydrogen (secondary N) is 1. The van der Waals surface area contributed by atoms with E-state index in [0.717, 1.165) is 5.56 Å². The standard InChI is InChI=1S/C19H24N4O4/c1-26-16-5-4-13(10-17(16)27-2)11-18(25)23-9-6-14(15(24)12-23)22-19-20-7-3-8-21-19/h3-5,7-8,10,14-15,24H,6,9,11-12H2,1-2H3,(H,20,21,22)/t14-,15-/m1/s1. The summed E-state index contributed by atoms with van der Waals surface area (Å²) < 4.78 is 10.5. The van der Waals surface area contributed by atoms with Crippen molar-refractivity contribution < 1.29 is 19.4 Å². The molecule has 1 saturated heterocycles. The number of carbonyl (C=O) groups is 1. The molecule has 1 aliphatic heterocycles. The number of hydrogen-bond acceptors (Lipinski definition) is 7. The maximum atomic E-state index is 12.6. The molecular formula is C19H24N4O4. The Kier molecular flexibility index (Phi) is 6.08. The van der Waals surface area contributed by atoms with Gasteiger partial charge in [-0.2, -0.15) is 0 Å². The minimum Gasteiger partial charge on any atom is -0.493 e. The lowest BCUT2D eigenvalue weighted by Crippen LogP contribution is -2.52. The van der Waals surface area contributed by atoms with E-state index in [4.69, 9.17) is 9.47 Å². The second-order valence-electron chi connectivity index (χ2n) is 6.39. The number of anilines is 1. The maximum Gasteiger partial charge on any atom is 0.227 e. The minimum atomic E-state index is -0.683. The van der Waals surface area contributed by atoms with Gasteiger partial charge in [0, 0.05) is 25.5 Å². The van der Waals surface area contributed by atoms with Crippen LogP contribution < -0.4 is 14.8 Å². The van der Waals surface area contributed by atoms with Crippen LogP contribution in [0.15, 0.2) is 36.7 Å². The van der Waals surface area contributed by atoms with Crippen molar-refractivity contribution in [2.45, 2.75) is 25.0 Å². The van der Waals surface area contributed by atoms with E-state index in [9.17, 15) is 9.90 Å². The second kappa shape index (κ2) is 8.68. The molecule has 0 aliphatic carbocycles. The highest BCUT2D eigenvalue weighted by Crippen LogP contribution is 2.28. The zero-order chi connectivity index (χ0) is 19.2. The first-order valence-corrected chi connectivity index (χ1v) is 8.81. The lowest BCUT2D eigenvalue weighted by molar-refractivity contribution is -0.133. The van der Waals surface area contributed by atoms with Gasteiger partial charge in [-0.3, -0.25) is 4.79 Å². The Balaban J connectivity index is 1.57. The first-order chi connectivity index (χ1) is 13.1. The number of aliphatic hydroxyl groups is 1. The summed E-state index contributed by atoms with van der Waals surface area (Å²) in [5.41, 5.74) is 0.838. The van der Waals surface area contributed by atoms with Gasteiger partial charge in [0.15, 0.2) is 11.5 Å². The number of nitrogens with zero attached hydrogens (tertiary/aromatic N) is 3. The van der Waals surface area contributed by atoms with Gasteiger partial charge in [0.1, 0.15) is 0 Å². The van der Waals surface area contributed by atoms with Crippen LogP contribution in [0.5, 0.6) is 11.5 Å². The maximum absolute atomic E-state index is 12.6. The van der Waals surface area contributed by atoms with E-state index in [1.807, 2.05) is 6.07 Å². The van der Waals surface area contributed by atoms with Gasteiger partial charge >= 0.3 is 0 Å². The number of aromatic nitrogens is 2. The summed E-state index contributed by atoms with van der Waals surface area (Å²) in [6.07, 6.45) is 3.47. The summed E-state index contributed by atoms with van der Waals surface area (Å²) in [7, 11) is 3.14. The van der Waals surface area contributed by atoms with Gasteiger partial charge in [0.2, 0.25) is 11.9 Å². The third-order valence-corrected chi connectivity index (χ3v) is 4.62. The van der Waals surface area contributed by atoms with Crippen LogP contribution in [0.4, 0.5) is 5.95 Å². The summed E-state index contributed by atoms with van der Waals surface area (Å²) in [4.78, 5) is 22.5. The number of benzene rings is 1. The SMILES string of the molecule is COc1ccc(CC(=O)N2CC[C@@H](Nc3ncccn3)[C@H](O)C2)cc1OC. The molecule has 1 fully saturated rings. The van der Waals surface area contributed by atoms with Gasteiger partial charge in [-0.15, -0.1) is 0 Å². The highest BCUT2D eigenvalue weighted by molar-refractivity contribution is 5.79. The van der Waals surface area contributed by atoms with E-state index in [0.29, 0.717) is 30.4 Å². The van der Waals surface area contributed by atoms with Gasteiger partial charge in [0.25, 0.3) is 0 Å². The molecule has 144 valence electrons. The number of ether oxygens (including phenoxy) is 2. The molecule has 2 N–H and O–H groups in total. The van der Waals surface area contributed by atoms with Crippen LogP contribution in [0.1, 0.15) is 12.0 Å². The molecule has 0 unspecified atom stereocenters. The molecule has 1 aliphatic rings. The van der Waals surface area contributed by atoms with Gasteiger partial charge in [-0.1, -0.05) is 6.07 Å². The van der Waals surface area contributed by atoms with Gasteiger partial charge in [0.05, 0.1) is 32.8 Å². The van der Waals surface area contributed by atoms with Gasteiger partial charge in [-0.25, -0.2) is 9.97 Å². The van der Waals surface area contributed by atoms with E-state index in [1.165, 1.54) is 0 Å². The van der Waals surface area contributed by atoms with Crippen LogP contribution in [0.25, 0.3) is 0 Å². The van der Waals surface area contributed by atoms with Crippen LogP contribution in [-0.4, -0.2) is 65.3 Å². The first kappa shape index (κ1) is 18.9. The topological polar surface area (TPSA) is 96.8 Å². The highest BCUT2D eigenvalue weighted by Gasteiger charge is 2.30. The molecule has 2 aromatic rings. The quantitative estimate of drug-likeness (QED) is 0.784. The molecule has 2 heterocycles. The van der Waals surface area contributed by atoms with E-state index in [-0.39, 0.29) is 24.9 Å². The molecular weight excluding hydrogens is 348 g/mol. The molecule has 1 aromatic carbocycles. The Morgan fingerprint density at radius 3 is 2.67 bits per heavy atom. The highest BCUT2D eigenvalue weighted by atomic mass is 16.5. The molecule has 1 amide bonds. The van der Waals surface area contributed by atoms with Crippen LogP contribution in [0.2, 0.25) is 0 Å². The van der Waals surface area contributed by atoms with Crippen LogP contribution in [-0.2, 0) is 11.2 Å². The van der Waals surface area contributed by atoms with E-state index in [1.54, 1.807) is 49.7 Å². The van der Waals surface area contributed by atoms with Crippen LogP contribution in [0.3, 0.4) is 0 Å². The number of methoxy groups -OCH3 is 2. The van der Waals surface area contributed by atoms with Crippen LogP contribution in [0, 0.1) is 0 Å². The number of rotatable bonds is 6. The fraction of sp³-hybridized carbons (Fsp3) is 0.421. The molecule has 0 spiro atoms. The number of carbonyl (C=O) groups excluding carboxylic acids is 1. The average Bonchev–Trinajstić information content (AvgIpc) is 2.70. The summed E-state index contributed by atoms with van der Waals surface area (Å²) in [6.45, 7) is 0.838. The number of likely N-dealkylation sites (tertiary alicyclic amines) is 1. The predicted molar refractivity (Wildman–Crippen MR) is 99.9 cm³/mol. The molecule has 0 saturated carbocycles. The van der Waals surface area contributed by atoms with E-state index < -0.39 is 6.10 Å². The van der Waals surface area contributed by atoms with Crippen molar-refractivity contribution in [2.75, 3.05) is 32.6 Å². The molecule has 3 rings (SSSR count). The van der Waals surface area contributed by atoms with E-state index in [2.05, 4.69) is 15.3 Å². The lowest BCUT2D eigenvalue weighted by Gasteiger charge is -2.36. The zero-order valence-corrected chi connectivity index (χ0v) is 15.5. The Morgan fingerprint density at radius 2 is 2.00 bits per heavy atom. The second-order valence-corrected chi connectivity index (χ2v) is 6.39. The number of amides is 1. The Morgan fingerprint density at radius 1 is 1.26 bits per heavy atom. The Bertz CT molecular complexity index is 772. The largest absolute Gasteiger partial charge is 0.493 e. The summed E-state index contributed by atoms with van der Waals surface area (Å²) in [5, 5.41) is 13.5. The monoisotopic (exact) mass is 372 g/mol. The predicted octanol–water partition coefficient (Wildman–Crippen LogP) is 1.11. The zero-order valence-electron chi connectivity index (χ0n) is 15.5. The van der Waals surface area contributed by atoms with Crippen molar-refractivity contribution in [1.29, 1.82) is 0 Å². The van der Waals surface area contributed by atoms with Gasteiger partial charge < -0.3 is 24.8 Å². The Hall–Kier alpha value is -2.87. The van der Waals surface area contributed by atoms with E-state index >= 15 is 0 Å². The van der Waals surface area contributed by atoms with Gasteiger partial charge in [-0.05, 0) is 30.2 Å². The minimum absolute atomic E-state index is 0.0318. The summed E-state index contributed by atoms with van der Waals surface area (Å²) in [5.74, 6) is 1.66. The van der Waals surface area contributed by atoms with Crippen molar-refractivity contribution >= 4 is 11.9 Å². The van der Waals surface area contributed by atoms with Crippen molar-refractivity contribution in [1.82, 2.24) is 14.9 Å². The molecule has 27 heavy (non-hydrogen) atoms. The Labute approximate surface area is 158 Å². The van der Waals surface area contributed by atoms with Crippen LogP contribution >= 0.6 is 0 Å². The molecule has 8 heteroatoms. The fourth-order valence-corrected chi connectivity index (χ4v) is 3.14. The average molecular weight is 372 g/mol. The number of aliphatic hydroxyl groups excluding tert-OH is 1. The smallest absolute Gasteiger partial charge is 0.227 e. The first-order valence-electron chi connectivity index (χ1n) is 8.81. The van der Waals surface area contributed by atoms with Crippen molar-refractivity contribution in [2.24, 2.45) is 0 Å². The third kappa shape index (κ3) is 4.65. The van der Waals surface area contributed by atoms with Crippen molar-refractivity contribution in [3.8, 4) is 11.5 Å². The number of piperidine rings is 1. The molecule has 8 nitrogen and oxygen atoms in total. The third-order valence-electron chi connectivity index (χ3n) is 4.62. The summed E-state index contributed by atoms with van der Waals surface area (Å²) >= 11 is 0. The molecule has 0 bridgehead atoms. The number of β-amino-alcohol motifs (C(OH)–C–C–N with tert-alkyl or cyclic N) is 1. The summed E-state index contributed by atoms with van der Waals surface area (Å²) in [6, 6.07) is 6.98. The molecule has 1 aromatic heterocycles. The lowest BCUT2D eigenvalue weighted by atomic mass is 10.0.